The minimum absolute atomic E-state index is 0.0307. The molecule has 0 amide bonds. The molecule has 0 fully saturated rings. The average Bonchev–Trinajstić information content (AvgIpc) is 2.37. The van der Waals surface area contributed by atoms with E-state index in [0.29, 0.717) is 10.0 Å². The third-order valence-corrected chi connectivity index (χ3v) is 3.65. The van der Waals surface area contributed by atoms with Crippen molar-refractivity contribution in [1.29, 1.82) is 0 Å². The zero-order chi connectivity index (χ0) is 14.0. The quantitative estimate of drug-likeness (QED) is 0.856. The van der Waals surface area contributed by atoms with Crippen molar-refractivity contribution in [3.05, 3.63) is 68.7 Å². The van der Waals surface area contributed by atoms with Gasteiger partial charge in [-0.25, -0.2) is 8.78 Å². The third kappa shape index (κ3) is 3.32. The van der Waals surface area contributed by atoms with Gasteiger partial charge >= 0.3 is 0 Å². The van der Waals surface area contributed by atoms with Crippen LogP contribution in [-0.2, 0) is 6.42 Å². The molecule has 2 rings (SSSR count). The van der Waals surface area contributed by atoms with Gasteiger partial charge in [0.05, 0.1) is 15.6 Å². The maximum atomic E-state index is 13.7. The Hall–Kier alpha value is -0.970. The van der Waals surface area contributed by atoms with Crippen molar-refractivity contribution >= 4 is 27.5 Å². The smallest absolute Gasteiger partial charge is 0.147 e. The lowest BCUT2D eigenvalue weighted by atomic mass is 10.0. The number of rotatable bonds is 3. The molecule has 0 bridgehead atoms. The number of aliphatic hydroxyl groups excluding tert-OH is 1. The summed E-state index contributed by atoms with van der Waals surface area (Å²) in [6.07, 6.45) is -0.855. The summed E-state index contributed by atoms with van der Waals surface area (Å²) in [6.45, 7) is 0. The second-order valence-electron chi connectivity index (χ2n) is 4.11. The van der Waals surface area contributed by atoms with Crippen LogP contribution in [0, 0.1) is 11.6 Å². The molecule has 5 heteroatoms. The molecule has 19 heavy (non-hydrogen) atoms. The van der Waals surface area contributed by atoms with E-state index in [-0.39, 0.29) is 22.8 Å². The Morgan fingerprint density at radius 3 is 2.63 bits per heavy atom. The zero-order valence-electron chi connectivity index (χ0n) is 9.71. The summed E-state index contributed by atoms with van der Waals surface area (Å²) in [6, 6.07) is 8.86. The van der Waals surface area contributed by atoms with Crippen LogP contribution in [0.25, 0.3) is 0 Å². The van der Waals surface area contributed by atoms with E-state index in [0.717, 1.165) is 0 Å². The number of benzene rings is 2. The number of hydrogen-bond acceptors (Lipinski definition) is 1. The monoisotopic (exact) mass is 346 g/mol. The number of hydrogen-bond donors (Lipinski definition) is 1. The van der Waals surface area contributed by atoms with Gasteiger partial charge in [-0.05, 0) is 39.7 Å². The standard InChI is InChI=1S/C14H10BrClF2O/c15-10-6-8(4-5-12(10)17)7-13(19)9-2-1-3-11(16)14(9)18/h1-6,13,19H,7H2. The van der Waals surface area contributed by atoms with Crippen LogP contribution in [0.15, 0.2) is 40.9 Å². The van der Waals surface area contributed by atoms with E-state index in [1.807, 2.05) is 0 Å². The predicted molar refractivity (Wildman–Crippen MR) is 74.2 cm³/mol. The van der Waals surface area contributed by atoms with Crippen molar-refractivity contribution < 1.29 is 13.9 Å². The molecule has 1 unspecified atom stereocenters. The van der Waals surface area contributed by atoms with Crippen molar-refractivity contribution in [1.82, 2.24) is 0 Å². The van der Waals surface area contributed by atoms with E-state index >= 15 is 0 Å². The first-order valence-electron chi connectivity index (χ1n) is 5.55. The maximum absolute atomic E-state index is 13.7. The molecule has 100 valence electrons. The van der Waals surface area contributed by atoms with Gasteiger partial charge in [0.15, 0.2) is 0 Å². The van der Waals surface area contributed by atoms with Crippen LogP contribution in [0.5, 0.6) is 0 Å². The van der Waals surface area contributed by atoms with Gasteiger partial charge in [-0.2, -0.15) is 0 Å². The van der Waals surface area contributed by atoms with Gasteiger partial charge in [-0.1, -0.05) is 29.8 Å². The van der Waals surface area contributed by atoms with Crippen LogP contribution in [0.4, 0.5) is 8.78 Å². The molecule has 2 aromatic carbocycles. The second-order valence-corrected chi connectivity index (χ2v) is 5.37. The van der Waals surface area contributed by atoms with Gasteiger partial charge in [-0.3, -0.25) is 0 Å². The third-order valence-electron chi connectivity index (χ3n) is 2.75. The lowest BCUT2D eigenvalue weighted by Crippen LogP contribution is -2.05. The molecule has 0 aliphatic heterocycles. The SMILES string of the molecule is OC(Cc1ccc(F)c(Br)c1)c1cccc(Cl)c1F. The molecular weight excluding hydrogens is 338 g/mol. The van der Waals surface area contributed by atoms with Gasteiger partial charge in [0, 0.05) is 12.0 Å². The molecule has 0 aromatic heterocycles. The lowest BCUT2D eigenvalue weighted by Gasteiger charge is -2.13. The summed E-state index contributed by atoms with van der Waals surface area (Å²) in [5.41, 5.74) is 0.827. The normalized spacial score (nSPS) is 12.5. The Balaban J connectivity index is 2.23. The summed E-state index contributed by atoms with van der Waals surface area (Å²) < 4.78 is 27.1. The van der Waals surface area contributed by atoms with Crippen molar-refractivity contribution in [3.63, 3.8) is 0 Å². The largest absolute Gasteiger partial charge is 0.388 e. The molecule has 0 aliphatic carbocycles. The minimum Gasteiger partial charge on any atom is -0.388 e. The molecule has 0 radical (unpaired) electrons. The highest BCUT2D eigenvalue weighted by molar-refractivity contribution is 9.10. The zero-order valence-corrected chi connectivity index (χ0v) is 12.0. The topological polar surface area (TPSA) is 20.2 Å². The van der Waals surface area contributed by atoms with Gasteiger partial charge < -0.3 is 5.11 Å². The minimum atomic E-state index is -1.03. The maximum Gasteiger partial charge on any atom is 0.147 e. The van der Waals surface area contributed by atoms with E-state index in [2.05, 4.69) is 15.9 Å². The molecule has 1 nitrogen and oxygen atoms in total. The molecule has 0 saturated heterocycles. The van der Waals surface area contributed by atoms with E-state index in [4.69, 9.17) is 11.6 Å². The summed E-state index contributed by atoms with van der Waals surface area (Å²) in [4.78, 5) is 0. The summed E-state index contributed by atoms with van der Waals surface area (Å²) >= 11 is 8.73. The molecule has 0 saturated carbocycles. The van der Waals surface area contributed by atoms with E-state index < -0.39 is 11.9 Å². The van der Waals surface area contributed by atoms with E-state index in [9.17, 15) is 13.9 Å². The Bertz CT molecular complexity index is 604. The Morgan fingerprint density at radius 1 is 1.21 bits per heavy atom. The molecular formula is C14H10BrClF2O. The molecule has 0 spiro atoms. The predicted octanol–water partition coefficient (Wildman–Crippen LogP) is 4.66. The highest BCUT2D eigenvalue weighted by Gasteiger charge is 2.16. The van der Waals surface area contributed by atoms with Gasteiger partial charge in [-0.15, -0.1) is 0 Å². The van der Waals surface area contributed by atoms with Crippen LogP contribution < -0.4 is 0 Å². The summed E-state index contributed by atoms with van der Waals surface area (Å²) in [7, 11) is 0. The average molecular weight is 348 g/mol. The first-order valence-corrected chi connectivity index (χ1v) is 6.72. The lowest BCUT2D eigenvalue weighted by molar-refractivity contribution is 0.173. The summed E-state index contributed by atoms with van der Waals surface area (Å²) in [5.74, 6) is -1.01. The van der Waals surface area contributed by atoms with Crippen LogP contribution in [0.3, 0.4) is 0 Å². The number of aliphatic hydroxyl groups is 1. The molecule has 1 N–H and O–H groups in total. The molecule has 2 aromatic rings. The van der Waals surface area contributed by atoms with Crippen molar-refractivity contribution in [2.45, 2.75) is 12.5 Å². The van der Waals surface area contributed by atoms with Crippen LogP contribution >= 0.6 is 27.5 Å². The van der Waals surface area contributed by atoms with Gasteiger partial charge in [0.25, 0.3) is 0 Å². The number of halogens is 4. The molecule has 1 atom stereocenters. The van der Waals surface area contributed by atoms with Gasteiger partial charge in [0.1, 0.15) is 11.6 Å². The van der Waals surface area contributed by atoms with Gasteiger partial charge in [0.2, 0.25) is 0 Å². The fourth-order valence-electron chi connectivity index (χ4n) is 1.78. The van der Waals surface area contributed by atoms with Crippen molar-refractivity contribution in [3.8, 4) is 0 Å². The van der Waals surface area contributed by atoms with Crippen LogP contribution in [0.2, 0.25) is 5.02 Å². The molecule has 0 aliphatic rings. The Morgan fingerprint density at radius 2 is 1.95 bits per heavy atom. The second kappa shape index (κ2) is 5.99. The van der Waals surface area contributed by atoms with Crippen molar-refractivity contribution in [2.24, 2.45) is 0 Å². The van der Waals surface area contributed by atoms with E-state index in [1.165, 1.54) is 18.2 Å². The van der Waals surface area contributed by atoms with Crippen molar-refractivity contribution in [2.75, 3.05) is 0 Å². The summed E-state index contributed by atoms with van der Waals surface area (Å²) in [5, 5.41) is 10.0. The first-order chi connectivity index (χ1) is 8.99. The Kier molecular flexibility index (Phi) is 4.55. The highest BCUT2D eigenvalue weighted by atomic mass is 79.9. The molecule has 0 heterocycles. The van der Waals surface area contributed by atoms with Crippen LogP contribution in [0.1, 0.15) is 17.2 Å². The van der Waals surface area contributed by atoms with Crippen LogP contribution in [-0.4, -0.2) is 5.11 Å². The fourth-order valence-corrected chi connectivity index (χ4v) is 2.39. The Labute approximate surface area is 123 Å². The fraction of sp³-hybridized carbons (Fsp3) is 0.143. The first kappa shape index (κ1) is 14.4. The highest BCUT2D eigenvalue weighted by Crippen LogP contribution is 2.27. The van der Waals surface area contributed by atoms with E-state index in [1.54, 1.807) is 18.2 Å².